The van der Waals surface area contributed by atoms with Gasteiger partial charge in [0.05, 0.1) is 12.7 Å². The van der Waals surface area contributed by atoms with Crippen LogP contribution in [0.25, 0.3) is 0 Å². The third-order valence-corrected chi connectivity index (χ3v) is 2.00. The Bertz CT molecular complexity index is 382. The van der Waals surface area contributed by atoms with Gasteiger partial charge in [-0.1, -0.05) is 15.9 Å². The van der Waals surface area contributed by atoms with Gasteiger partial charge in [0.1, 0.15) is 11.8 Å². The number of carbonyl (C=O) groups excluding carboxylic acids is 1. The molecule has 0 amide bonds. The average Bonchev–Trinajstić information content (AvgIpc) is 2.16. The molecule has 0 N–H and O–H groups in total. The van der Waals surface area contributed by atoms with Gasteiger partial charge in [0.15, 0.2) is 0 Å². The second-order valence-electron chi connectivity index (χ2n) is 2.29. The van der Waals surface area contributed by atoms with E-state index in [1.165, 1.54) is 7.11 Å². The predicted octanol–water partition coefficient (Wildman–Crippen LogP) is 2.16. The third-order valence-electron chi connectivity index (χ3n) is 1.51. The highest BCUT2D eigenvalue weighted by molar-refractivity contribution is 9.10. The number of nitrogens with zero attached hydrogens (tertiary/aromatic N) is 1. The predicted molar refractivity (Wildman–Crippen MR) is 50.6 cm³/mol. The van der Waals surface area contributed by atoms with E-state index < -0.39 is 5.78 Å². The molecule has 0 aliphatic carbocycles. The lowest BCUT2D eigenvalue weighted by Crippen LogP contribution is -1.98. The summed E-state index contributed by atoms with van der Waals surface area (Å²) < 4.78 is 5.67. The largest absolute Gasteiger partial charge is 0.496 e. The maximum atomic E-state index is 11.1. The van der Waals surface area contributed by atoms with Crippen LogP contribution in [0, 0.1) is 11.3 Å². The molecular weight excluding hydrogens is 234 g/mol. The molecule has 0 aromatic heterocycles. The molecule has 0 heterocycles. The fourth-order valence-corrected chi connectivity index (χ4v) is 1.28. The Kier molecular flexibility index (Phi) is 3.04. The van der Waals surface area contributed by atoms with E-state index in [0.717, 1.165) is 4.47 Å². The van der Waals surface area contributed by atoms with Crippen molar-refractivity contribution < 1.29 is 9.53 Å². The van der Waals surface area contributed by atoms with Crippen LogP contribution in [0.15, 0.2) is 22.7 Å². The molecule has 66 valence electrons. The van der Waals surface area contributed by atoms with Crippen LogP contribution in [-0.4, -0.2) is 12.9 Å². The first-order chi connectivity index (χ1) is 6.19. The number of ketones is 1. The van der Waals surface area contributed by atoms with Crippen molar-refractivity contribution in [3.05, 3.63) is 28.2 Å². The zero-order valence-corrected chi connectivity index (χ0v) is 8.46. The molecule has 13 heavy (non-hydrogen) atoms. The molecule has 0 atom stereocenters. The van der Waals surface area contributed by atoms with Crippen molar-refractivity contribution in [1.82, 2.24) is 0 Å². The molecule has 0 unspecified atom stereocenters. The van der Waals surface area contributed by atoms with Crippen molar-refractivity contribution in [1.29, 1.82) is 5.26 Å². The second-order valence-corrected chi connectivity index (χ2v) is 3.20. The number of halogens is 1. The zero-order chi connectivity index (χ0) is 9.84. The molecule has 0 saturated heterocycles. The SMILES string of the molecule is COc1ccc(Br)cc1C(=O)C#N. The molecule has 0 aliphatic rings. The lowest BCUT2D eigenvalue weighted by atomic mass is 10.1. The summed E-state index contributed by atoms with van der Waals surface area (Å²) in [5.41, 5.74) is 0.277. The number of carbonyl (C=O) groups is 1. The molecule has 0 fully saturated rings. The van der Waals surface area contributed by atoms with E-state index in [2.05, 4.69) is 15.9 Å². The minimum atomic E-state index is -0.599. The Morgan fingerprint density at radius 1 is 1.62 bits per heavy atom. The highest BCUT2D eigenvalue weighted by Crippen LogP contribution is 2.22. The Morgan fingerprint density at radius 3 is 2.85 bits per heavy atom. The van der Waals surface area contributed by atoms with Gasteiger partial charge in [-0.25, -0.2) is 0 Å². The molecule has 1 aromatic rings. The van der Waals surface area contributed by atoms with Crippen molar-refractivity contribution in [2.24, 2.45) is 0 Å². The fraction of sp³-hybridized carbons (Fsp3) is 0.111. The Hall–Kier alpha value is -1.34. The van der Waals surface area contributed by atoms with Crippen LogP contribution in [0.1, 0.15) is 10.4 Å². The number of ether oxygens (including phenoxy) is 1. The summed E-state index contributed by atoms with van der Waals surface area (Å²) in [5.74, 6) is -0.187. The van der Waals surface area contributed by atoms with Gasteiger partial charge in [0.25, 0.3) is 5.78 Å². The highest BCUT2D eigenvalue weighted by atomic mass is 79.9. The maximum Gasteiger partial charge on any atom is 0.265 e. The number of nitriles is 1. The maximum absolute atomic E-state index is 11.1. The van der Waals surface area contributed by atoms with Crippen LogP contribution >= 0.6 is 15.9 Å². The van der Waals surface area contributed by atoms with Crippen LogP contribution in [0.2, 0.25) is 0 Å². The van der Waals surface area contributed by atoms with Gasteiger partial charge < -0.3 is 4.74 Å². The smallest absolute Gasteiger partial charge is 0.265 e. The summed E-state index contributed by atoms with van der Waals surface area (Å²) in [6.45, 7) is 0. The fourth-order valence-electron chi connectivity index (χ4n) is 0.918. The molecule has 0 radical (unpaired) electrons. The molecule has 0 bridgehead atoms. The molecule has 1 rings (SSSR count). The quantitative estimate of drug-likeness (QED) is 0.587. The monoisotopic (exact) mass is 239 g/mol. The number of hydrogen-bond donors (Lipinski definition) is 0. The first kappa shape index (κ1) is 9.75. The topological polar surface area (TPSA) is 50.1 Å². The average molecular weight is 240 g/mol. The number of rotatable bonds is 2. The van der Waals surface area contributed by atoms with Crippen LogP contribution in [0.4, 0.5) is 0 Å². The minimum absolute atomic E-state index is 0.277. The van der Waals surface area contributed by atoms with Gasteiger partial charge in [-0.3, -0.25) is 4.79 Å². The Labute approximate surface area is 84.1 Å². The summed E-state index contributed by atoms with van der Waals surface area (Å²) in [6, 6.07) is 6.48. The van der Waals surface area contributed by atoms with Gasteiger partial charge >= 0.3 is 0 Å². The van der Waals surface area contributed by atoms with Crippen LogP contribution < -0.4 is 4.74 Å². The number of hydrogen-bond acceptors (Lipinski definition) is 3. The van der Waals surface area contributed by atoms with Gasteiger partial charge in [0, 0.05) is 4.47 Å². The summed E-state index contributed by atoms with van der Waals surface area (Å²) in [6.07, 6.45) is 0. The van der Waals surface area contributed by atoms with E-state index in [0.29, 0.717) is 5.75 Å². The number of benzene rings is 1. The van der Waals surface area contributed by atoms with Crippen molar-refractivity contribution >= 4 is 21.7 Å². The van der Waals surface area contributed by atoms with Gasteiger partial charge in [-0.15, -0.1) is 0 Å². The van der Waals surface area contributed by atoms with E-state index >= 15 is 0 Å². The zero-order valence-electron chi connectivity index (χ0n) is 6.87. The van der Waals surface area contributed by atoms with Crippen LogP contribution in [0.3, 0.4) is 0 Å². The second kappa shape index (κ2) is 4.06. The number of methoxy groups -OCH3 is 1. The van der Waals surface area contributed by atoms with E-state index in [1.807, 2.05) is 0 Å². The normalized spacial score (nSPS) is 9.00. The van der Waals surface area contributed by atoms with Gasteiger partial charge in [-0.05, 0) is 18.2 Å². The van der Waals surface area contributed by atoms with Crippen molar-refractivity contribution in [3.8, 4) is 11.8 Å². The summed E-state index contributed by atoms with van der Waals surface area (Å²) in [5, 5.41) is 8.43. The van der Waals surface area contributed by atoms with E-state index in [9.17, 15) is 4.79 Å². The van der Waals surface area contributed by atoms with E-state index in [4.69, 9.17) is 10.00 Å². The van der Waals surface area contributed by atoms with Crippen LogP contribution in [-0.2, 0) is 0 Å². The third kappa shape index (κ3) is 2.07. The minimum Gasteiger partial charge on any atom is -0.496 e. The van der Waals surface area contributed by atoms with Crippen LogP contribution in [0.5, 0.6) is 5.75 Å². The van der Waals surface area contributed by atoms with Crippen molar-refractivity contribution in [2.45, 2.75) is 0 Å². The summed E-state index contributed by atoms with van der Waals surface area (Å²) in [4.78, 5) is 11.1. The Morgan fingerprint density at radius 2 is 2.31 bits per heavy atom. The van der Waals surface area contributed by atoms with Gasteiger partial charge in [-0.2, -0.15) is 5.26 Å². The lowest BCUT2D eigenvalue weighted by molar-refractivity contribution is 0.105. The summed E-state index contributed by atoms with van der Waals surface area (Å²) >= 11 is 3.21. The molecule has 3 nitrogen and oxygen atoms in total. The molecule has 0 saturated carbocycles. The lowest BCUT2D eigenvalue weighted by Gasteiger charge is -2.03. The van der Waals surface area contributed by atoms with Gasteiger partial charge in [0.2, 0.25) is 0 Å². The Balaban J connectivity index is 3.25. The van der Waals surface area contributed by atoms with Crippen molar-refractivity contribution in [2.75, 3.05) is 7.11 Å². The summed E-state index contributed by atoms with van der Waals surface area (Å²) in [7, 11) is 1.46. The first-order valence-corrected chi connectivity index (χ1v) is 4.26. The molecule has 0 spiro atoms. The van der Waals surface area contributed by atoms with Crippen molar-refractivity contribution in [3.63, 3.8) is 0 Å². The number of Topliss-reactive ketones (excluding diaryl/α,β-unsaturated/α-hetero) is 1. The van der Waals surface area contributed by atoms with E-state index in [-0.39, 0.29) is 5.56 Å². The molecule has 4 heteroatoms. The first-order valence-electron chi connectivity index (χ1n) is 3.47. The highest BCUT2D eigenvalue weighted by Gasteiger charge is 2.11. The molecule has 0 aliphatic heterocycles. The molecular formula is C9H6BrNO2. The van der Waals surface area contributed by atoms with E-state index in [1.54, 1.807) is 24.3 Å². The standard InChI is InChI=1S/C9H6BrNO2/c1-13-9-3-2-6(10)4-7(9)8(12)5-11/h2-4H,1H3. The molecule has 1 aromatic carbocycles.